The van der Waals surface area contributed by atoms with Crippen LogP contribution in [-0.2, 0) is 0 Å². The van der Waals surface area contributed by atoms with Crippen molar-refractivity contribution in [2.24, 2.45) is 0 Å². The van der Waals surface area contributed by atoms with E-state index < -0.39 is 0 Å². The number of halogens is 1. The molecule has 0 radical (unpaired) electrons. The number of fused-ring (bicyclic) bond motifs is 2. The van der Waals surface area contributed by atoms with Crippen LogP contribution >= 0.6 is 22.7 Å². The van der Waals surface area contributed by atoms with Crippen LogP contribution in [0.5, 0.6) is 11.5 Å². The molecule has 0 aliphatic heterocycles. The van der Waals surface area contributed by atoms with E-state index in [-0.39, 0.29) is 5.82 Å². The third-order valence-corrected chi connectivity index (χ3v) is 5.30. The fourth-order valence-electron chi connectivity index (χ4n) is 2.35. The molecule has 0 saturated heterocycles. The van der Waals surface area contributed by atoms with Crippen molar-refractivity contribution >= 4 is 53.4 Å². The van der Waals surface area contributed by atoms with Gasteiger partial charge < -0.3 is 14.8 Å². The second kappa shape index (κ2) is 5.88. The monoisotopic (exact) mass is 361 g/mol. The topological polar surface area (TPSA) is 56.3 Å². The van der Waals surface area contributed by atoms with E-state index >= 15 is 0 Å². The van der Waals surface area contributed by atoms with Crippen LogP contribution in [-0.4, -0.2) is 24.2 Å². The van der Waals surface area contributed by atoms with E-state index in [0.717, 1.165) is 20.4 Å². The largest absolute Gasteiger partial charge is 0.497 e. The fourth-order valence-corrected chi connectivity index (χ4v) is 4.21. The summed E-state index contributed by atoms with van der Waals surface area (Å²) in [4.78, 5) is 9.01. The van der Waals surface area contributed by atoms with Crippen LogP contribution in [0.25, 0.3) is 20.4 Å². The molecule has 0 spiro atoms. The number of ether oxygens (including phenoxy) is 2. The molecule has 0 atom stereocenters. The molecule has 0 bridgehead atoms. The van der Waals surface area contributed by atoms with Gasteiger partial charge in [-0.25, -0.2) is 14.4 Å². The number of anilines is 2. The molecular formula is C16H12FN3O2S2. The number of nitrogens with one attached hydrogen (secondary N) is 1. The first-order valence-electron chi connectivity index (χ1n) is 7.02. The summed E-state index contributed by atoms with van der Waals surface area (Å²) >= 11 is 2.86. The zero-order valence-corrected chi connectivity index (χ0v) is 14.4. The molecule has 4 aromatic rings. The van der Waals surface area contributed by atoms with Gasteiger partial charge in [-0.15, -0.1) is 0 Å². The standard InChI is InChI=1S/C16H12FN3O2S2/c1-21-9-6-11(22-2)14-13(7-9)24-16(19-14)20-15-18-10-4-3-8(17)5-12(10)23-15/h3-7H,1-2H3,(H,18,19,20). The number of nitrogens with zero attached hydrogens (tertiary/aromatic N) is 2. The summed E-state index contributed by atoms with van der Waals surface area (Å²) in [5, 5.41) is 4.55. The number of hydrogen-bond acceptors (Lipinski definition) is 7. The number of methoxy groups -OCH3 is 2. The van der Waals surface area contributed by atoms with Crippen molar-refractivity contribution in [1.82, 2.24) is 9.97 Å². The first kappa shape index (κ1) is 15.1. The molecule has 0 fully saturated rings. The summed E-state index contributed by atoms with van der Waals surface area (Å²) in [6, 6.07) is 8.25. The van der Waals surface area contributed by atoms with Gasteiger partial charge in [0, 0.05) is 6.07 Å². The van der Waals surface area contributed by atoms with Crippen molar-refractivity contribution in [1.29, 1.82) is 0 Å². The molecular weight excluding hydrogens is 349 g/mol. The molecule has 0 aliphatic rings. The van der Waals surface area contributed by atoms with Crippen molar-refractivity contribution in [2.45, 2.75) is 0 Å². The number of rotatable bonds is 4. The van der Waals surface area contributed by atoms with Gasteiger partial charge in [0.1, 0.15) is 22.8 Å². The van der Waals surface area contributed by atoms with Crippen LogP contribution in [0.1, 0.15) is 0 Å². The highest BCUT2D eigenvalue weighted by molar-refractivity contribution is 7.24. The first-order valence-corrected chi connectivity index (χ1v) is 8.65. The van der Waals surface area contributed by atoms with Gasteiger partial charge in [0.25, 0.3) is 0 Å². The van der Waals surface area contributed by atoms with Crippen LogP contribution in [0.15, 0.2) is 30.3 Å². The molecule has 0 amide bonds. The van der Waals surface area contributed by atoms with Gasteiger partial charge in [-0.1, -0.05) is 22.7 Å². The number of benzene rings is 2. The van der Waals surface area contributed by atoms with E-state index in [0.29, 0.717) is 21.8 Å². The lowest BCUT2D eigenvalue weighted by molar-refractivity contribution is 0.397. The van der Waals surface area contributed by atoms with Crippen LogP contribution in [0.3, 0.4) is 0 Å². The smallest absolute Gasteiger partial charge is 0.190 e. The minimum absolute atomic E-state index is 0.269. The average Bonchev–Trinajstić information content (AvgIpc) is 3.16. The van der Waals surface area contributed by atoms with Crippen LogP contribution in [0.4, 0.5) is 14.7 Å². The first-order chi connectivity index (χ1) is 11.7. The molecule has 4 rings (SSSR count). The van der Waals surface area contributed by atoms with E-state index in [4.69, 9.17) is 9.47 Å². The van der Waals surface area contributed by atoms with E-state index in [1.807, 2.05) is 6.07 Å². The number of hydrogen-bond donors (Lipinski definition) is 1. The Morgan fingerprint density at radius 2 is 1.75 bits per heavy atom. The van der Waals surface area contributed by atoms with Crippen LogP contribution < -0.4 is 14.8 Å². The molecule has 5 nitrogen and oxygen atoms in total. The minimum atomic E-state index is -0.269. The predicted molar refractivity (Wildman–Crippen MR) is 95.6 cm³/mol. The van der Waals surface area contributed by atoms with Gasteiger partial charge in [0.2, 0.25) is 0 Å². The highest BCUT2D eigenvalue weighted by Crippen LogP contribution is 2.38. The van der Waals surface area contributed by atoms with E-state index in [9.17, 15) is 4.39 Å². The van der Waals surface area contributed by atoms with Gasteiger partial charge in [-0.2, -0.15) is 0 Å². The van der Waals surface area contributed by atoms with Crippen LogP contribution in [0, 0.1) is 5.82 Å². The predicted octanol–water partition coefficient (Wildman–Crippen LogP) is 4.81. The van der Waals surface area contributed by atoms with Gasteiger partial charge in [0.05, 0.1) is 29.1 Å². The zero-order chi connectivity index (χ0) is 16.7. The molecule has 2 aromatic heterocycles. The molecule has 8 heteroatoms. The number of aromatic nitrogens is 2. The second-order valence-electron chi connectivity index (χ2n) is 4.95. The molecule has 2 heterocycles. The summed E-state index contributed by atoms with van der Waals surface area (Å²) in [5.74, 6) is 1.10. The van der Waals surface area contributed by atoms with Crippen molar-refractivity contribution in [3.63, 3.8) is 0 Å². The minimum Gasteiger partial charge on any atom is -0.497 e. The lowest BCUT2D eigenvalue weighted by Gasteiger charge is -2.03. The van der Waals surface area contributed by atoms with Gasteiger partial charge in [-0.3, -0.25) is 0 Å². The normalized spacial score (nSPS) is 11.1. The summed E-state index contributed by atoms with van der Waals surface area (Å²) < 4.78 is 25.7. The van der Waals surface area contributed by atoms with Gasteiger partial charge in [0.15, 0.2) is 10.3 Å². The maximum Gasteiger partial charge on any atom is 0.190 e. The van der Waals surface area contributed by atoms with E-state index in [1.165, 1.54) is 34.8 Å². The molecule has 1 N–H and O–H groups in total. The van der Waals surface area contributed by atoms with Gasteiger partial charge in [-0.05, 0) is 24.3 Å². The Balaban J connectivity index is 1.73. The highest BCUT2D eigenvalue weighted by Gasteiger charge is 2.13. The Kier molecular flexibility index (Phi) is 3.70. The van der Waals surface area contributed by atoms with Gasteiger partial charge >= 0.3 is 0 Å². The Hall–Kier alpha value is -2.45. The maximum atomic E-state index is 13.3. The summed E-state index contributed by atoms with van der Waals surface area (Å²) in [5.41, 5.74) is 1.52. The molecule has 0 aliphatic carbocycles. The molecule has 24 heavy (non-hydrogen) atoms. The third-order valence-electron chi connectivity index (χ3n) is 3.45. The second-order valence-corrected chi connectivity index (χ2v) is 7.01. The Labute approximate surface area is 144 Å². The van der Waals surface area contributed by atoms with Crippen molar-refractivity contribution in [2.75, 3.05) is 19.5 Å². The van der Waals surface area contributed by atoms with Crippen LogP contribution in [0.2, 0.25) is 0 Å². The Morgan fingerprint density at radius 1 is 0.958 bits per heavy atom. The maximum absolute atomic E-state index is 13.3. The Morgan fingerprint density at radius 3 is 2.54 bits per heavy atom. The molecule has 2 aromatic carbocycles. The number of thiazole rings is 2. The fraction of sp³-hybridized carbons (Fsp3) is 0.125. The molecule has 0 unspecified atom stereocenters. The quantitative estimate of drug-likeness (QED) is 0.565. The lowest BCUT2D eigenvalue weighted by atomic mass is 10.3. The van der Waals surface area contributed by atoms with E-state index in [2.05, 4.69) is 15.3 Å². The molecule has 0 saturated carbocycles. The average molecular weight is 361 g/mol. The third kappa shape index (κ3) is 2.63. The van der Waals surface area contributed by atoms with Crippen molar-refractivity contribution in [3.8, 4) is 11.5 Å². The zero-order valence-electron chi connectivity index (χ0n) is 12.8. The SMILES string of the molecule is COc1cc(OC)c2nc(Nc3nc4ccc(F)cc4s3)sc2c1. The summed E-state index contributed by atoms with van der Waals surface area (Å²) in [6.07, 6.45) is 0. The van der Waals surface area contributed by atoms with Crippen molar-refractivity contribution < 1.29 is 13.9 Å². The summed E-state index contributed by atoms with van der Waals surface area (Å²) in [6.45, 7) is 0. The van der Waals surface area contributed by atoms with E-state index in [1.54, 1.807) is 26.4 Å². The Bertz CT molecular complexity index is 1040. The summed E-state index contributed by atoms with van der Waals surface area (Å²) in [7, 11) is 3.21. The lowest BCUT2D eigenvalue weighted by Crippen LogP contribution is -1.89. The van der Waals surface area contributed by atoms with Crippen molar-refractivity contribution in [3.05, 3.63) is 36.1 Å². The highest BCUT2D eigenvalue weighted by atomic mass is 32.1. The molecule has 122 valence electrons.